The Kier molecular flexibility index (Phi) is 2.74. The molecule has 4 nitrogen and oxygen atoms in total. The quantitative estimate of drug-likeness (QED) is 0.679. The minimum atomic E-state index is 0.407. The molecule has 0 aliphatic heterocycles. The van der Waals surface area contributed by atoms with Crippen molar-refractivity contribution in [1.82, 2.24) is 19.8 Å². The van der Waals surface area contributed by atoms with Crippen LogP contribution in [0.25, 0.3) is 15.5 Å². The van der Waals surface area contributed by atoms with Crippen LogP contribution in [0.15, 0.2) is 24.5 Å². The van der Waals surface area contributed by atoms with Crippen LogP contribution in [0.1, 0.15) is 5.56 Å². The van der Waals surface area contributed by atoms with Gasteiger partial charge in [0.25, 0.3) is 0 Å². The molecule has 0 unspecified atom stereocenters. The van der Waals surface area contributed by atoms with Crippen molar-refractivity contribution in [1.29, 1.82) is 0 Å². The summed E-state index contributed by atoms with van der Waals surface area (Å²) in [6.45, 7) is 0. The molecule has 0 aliphatic rings. The van der Waals surface area contributed by atoms with Gasteiger partial charge in [-0.05, 0) is 11.6 Å². The molecule has 0 saturated heterocycles. The highest BCUT2D eigenvalue weighted by Crippen LogP contribution is 2.29. The molecule has 17 heavy (non-hydrogen) atoms. The Hall–Kier alpha value is -1.17. The summed E-state index contributed by atoms with van der Waals surface area (Å²) >= 11 is 13.3. The van der Waals surface area contributed by atoms with Gasteiger partial charge in [0.15, 0.2) is 0 Å². The van der Waals surface area contributed by atoms with Crippen LogP contribution in [0.4, 0.5) is 0 Å². The van der Waals surface area contributed by atoms with E-state index in [4.69, 9.17) is 23.2 Å². The number of alkyl halides is 1. The molecule has 3 rings (SSSR count). The third-order valence-electron chi connectivity index (χ3n) is 2.33. The summed E-state index contributed by atoms with van der Waals surface area (Å²) in [7, 11) is 0. The van der Waals surface area contributed by atoms with E-state index in [1.54, 1.807) is 10.8 Å². The second kappa shape index (κ2) is 4.25. The molecule has 0 fully saturated rings. The van der Waals surface area contributed by atoms with Crippen LogP contribution in [0.3, 0.4) is 0 Å². The SMILES string of the molecule is ClCc1ccc(-c2nn3cnnc3s2)cc1Cl. The van der Waals surface area contributed by atoms with E-state index in [0.29, 0.717) is 10.9 Å². The summed E-state index contributed by atoms with van der Waals surface area (Å²) in [4.78, 5) is 0.762. The maximum absolute atomic E-state index is 6.11. The van der Waals surface area contributed by atoms with E-state index in [9.17, 15) is 0 Å². The highest BCUT2D eigenvalue weighted by atomic mass is 35.5. The van der Waals surface area contributed by atoms with Crippen molar-refractivity contribution in [2.75, 3.05) is 0 Å². The second-order valence-corrected chi connectivity index (χ2v) is 5.04. The Labute approximate surface area is 111 Å². The van der Waals surface area contributed by atoms with E-state index in [1.165, 1.54) is 11.3 Å². The van der Waals surface area contributed by atoms with Gasteiger partial charge in [-0.3, -0.25) is 0 Å². The third kappa shape index (κ3) is 1.90. The number of fused-ring (bicyclic) bond motifs is 1. The van der Waals surface area contributed by atoms with Gasteiger partial charge in [-0.2, -0.15) is 9.61 Å². The first kappa shape index (κ1) is 11.0. The average molecular weight is 285 g/mol. The number of nitrogens with zero attached hydrogens (tertiary/aromatic N) is 4. The zero-order chi connectivity index (χ0) is 11.8. The Bertz CT molecular complexity index is 647. The van der Waals surface area contributed by atoms with Gasteiger partial charge in [-0.15, -0.1) is 21.8 Å². The highest BCUT2D eigenvalue weighted by Gasteiger charge is 2.09. The van der Waals surface area contributed by atoms with Gasteiger partial charge in [-0.1, -0.05) is 35.1 Å². The van der Waals surface area contributed by atoms with Gasteiger partial charge in [0, 0.05) is 16.5 Å². The zero-order valence-electron chi connectivity index (χ0n) is 8.47. The third-order valence-corrected chi connectivity index (χ3v) is 3.93. The largest absolute Gasteiger partial charge is 0.234 e. The van der Waals surface area contributed by atoms with Gasteiger partial charge >= 0.3 is 0 Å². The molecule has 2 aromatic heterocycles. The lowest BCUT2D eigenvalue weighted by Gasteiger charge is -2.01. The molecule has 1 aromatic carbocycles. The molecule has 0 amide bonds. The minimum absolute atomic E-state index is 0.407. The monoisotopic (exact) mass is 284 g/mol. The average Bonchev–Trinajstić information content (AvgIpc) is 2.88. The van der Waals surface area contributed by atoms with Gasteiger partial charge < -0.3 is 0 Å². The maximum Gasteiger partial charge on any atom is 0.234 e. The number of halogens is 2. The predicted octanol–water partition coefficient (Wildman–Crippen LogP) is 3.25. The van der Waals surface area contributed by atoms with Crippen molar-refractivity contribution in [3.63, 3.8) is 0 Å². The molecule has 0 N–H and O–H groups in total. The molecule has 0 spiro atoms. The molecule has 2 heterocycles. The molecule has 86 valence electrons. The van der Waals surface area contributed by atoms with Crippen molar-refractivity contribution >= 4 is 39.5 Å². The lowest BCUT2D eigenvalue weighted by molar-refractivity contribution is 0.960. The predicted molar refractivity (Wildman–Crippen MR) is 68.7 cm³/mol. The molecule has 0 atom stereocenters. The van der Waals surface area contributed by atoms with Crippen molar-refractivity contribution < 1.29 is 0 Å². The number of hydrogen-bond donors (Lipinski definition) is 0. The maximum atomic E-state index is 6.11. The lowest BCUT2D eigenvalue weighted by atomic mass is 10.1. The summed E-state index contributed by atoms with van der Waals surface area (Å²) in [6.07, 6.45) is 1.57. The summed E-state index contributed by atoms with van der Waals surface area (Å²) in [5.74, 6) is 0.407. The van der Waals surface area contributed by atoms with Crippen LogP contribution in [0.5, 0.6) is 0 Å². The van der Waals surface area contributed by atoms with Crippen molar-refractivity contribution in [3.05, 3.63) is 35.1 Å². The van der Waals surface area contributed by atoms with E-state index >= 15 is 0 Å². The van der Waals surface area contributed by atoms with E-state index < -0.39 is 0 Å². The van der Waals surface area contributed by atoms with Crippen LogP contribution in [-0.2, 0) is 5.88 Å². The minimum Gasteiger partial charge on any atom is -0.190 e. The van der Waals surface area contributed by atoms with Crippen LogP contribution >= 0.6 is 34.5 Å². The first-order valence-electron chi connectivity index (χ1n) is 4.79. The van der Waals surface area contributed by atoms with Gasteiger partial charge in [-0.25, -0.2) is 0 Å². The van der Waals surface area contributed by atoms with E-state index in [-0.39, 0.29) is 0 Å². The van der Waals surface area contributed by atoms with Crippen molar-refractivity contribution in [2.24, 2.45) is 0 Å². The van der Waals surface area contributed by atoms with Crippen LogP contribution in [-0.4, -0.2) is 19.8 Å². The fourth-order valence-electron chi connectivity index (χ4n) is 1.47. The Morgan fingerprint density at radius 2 is 2.24 bits per heavy atom. The molecule has 3 aromatic rings. The second-order valence-electron chi connectivity index (χ2n) is 3.41. The van der Waals surface area contributed by atoms with Gasteiger partial charge in [0.05, 0.1) is 0 Å². The normalized spacial score (nSPS) is 11.2. The first-order chi connectivity index (χ1) is 8.28. The van der Waals surface area contributed by atoms with Gasteiger partial charge in [0.1, 0.15) is 11.3 Å². The molecule has 0 saturated carbocycles. The van der Waals surface area contributed by atoms with Crippen molar-refractivity contribution in [3.8, 4) is 10.6 Å². The van der Waals surface area contributed by atoms with E-state index in [1.807, 2.05) is 18.2 Å². The highest BCUT2D eigenvalue weighted by molar-refractivity contribution is 7.19. The van der Waals surface area contributed by atoms with Crippen molar-refractivity contribution in [2.45, 2.75) is 5.88 Å². The first-order valence-corrected chi connectivity index (χ1v) is 6.52. The Morgan fingerprint density at radius 3 is 2.94 bits per heavy atom. The number of hydrogen-bond acceptors (Lipinski definition) is 4. The molecule has 0 bridgehead atoms. The van der Waals surface area contributed by atoms with E-state index in [0.717, 1.165) is 21.1 Å². The van der Waals surface area contributed by atoms with Crippen LogP contribution in [0.2, 0.25) is 5.02 Å². The Balaban J connectivity index is 2.09. The van der Waals surface area contributed by atoms with E-state index in [2.05, 4.69) is 15.3 Å². The fraction of sp³-hybridized carbons (Fsp3) is 0.100. The van der Waals surface area contributed by atoms with Gasteiger partial charge in [0.2, 0.25) is 4.96 Å². The standard InChI is InChI=1S/C10H6Cl2N4S/c11-4-7-2-1-6(3-8(7)12)9-15-16-5-13-14-10(16)17-9/h1-3,5H,4H2. The zero-order valence-corrected chi connectivity index (χ0v) is 10.8. The molecular formula is C10H6Cl2N4S. The summed E-state index contributed by atoms with van der Waals surface area (Å²) in [6, 6.07) is 5.73. The Morgan fingerprint density at radius 1 is 1.35 bits per heavy atom. The smallest absolute Gasteiger partial charge is 0.190 e. The number of aromatic nitrogens is 4. The molecule has 0 radical (unpaired) electrons. The summed E-state index contributed by atoms with van der Waals surface area (Å²) < 4.78 is 1.64. The molecule has 7 heteroatoms. The summed E-state index contributed by atoms with van der Waals surface area (Å²) in [5, 5.41) is 13.6. The number of rotatable bonds is 2. The molecule has 0 aliphatic carbocycles. The molecular weight excluding hydrogens is 279 g/mol. The fourth-order valence-corrected chi connectivity index (χ4v) is 2.83. The van der Waals surface area contributed by atoms with Crippen LogP contribution in [0, 0.1) is 0 Å². The summed E-state index contributed by atoms with van der Waals surface area (Å²) in [5.41, 5.74) is 1.87. The number of benzene rings is 1. The lowest BCUT2D eigenvalue weighted by Crippen LogP contribution is -1.85. The topological polar surface area (TPSA) is 43.1 Å². The van der Waals surface area contributed by atoms with Crippen LogP contribution < -0.4 is 0 Å².